The highest BCUT2D eigenvalue weighted by molar-refractivity contribution is 6.03. The summed E-state index contributed by atoms with van der Waals surface area (Å²) in [6, 6.07) is 5.52. The monoisotopic (exact) mass is 421 g/mol. The first-order chi connectivity index (χ1) is 14.0. The SMILES string of the molecule is Cc1cc(C(F)(F)F)cc(N2NC(=O)CC2C(=O)N(C)c2ccc(F)c(C#N)c2)n1. The van der Waals surface area contributed by atoms with Crippen LogP contribution in [0.5, 0.6) is 0 Å². The van der Waals surface area contributed by atoms with Crippen molar-refractivity contribution in [2.45, 2.75) is 25.6 Å². The van der Waals surface area contributed by atoms with Gasteiger partial charge in [-0.1, -0.05) is 0 Å². The summed E-state index contributed by atoms with van der Waals surface area (Å²) in [6.07, 6.45) is -4.95. The van der Waals surface area contributed by atoms with E-state index in [0.717, 1.165) is 34.2 Å². The summed E-state index contributed by atoms with van der Waals surface area (Å²) >= 11 is 0. The highest BCUT2D eigenvalue weighted by Crippen LogP contribution is 2.33. The molecule has 11 heteroatoms. The molecule has 3 rings (SSSR count). The lowest BCUT2D eigenvalue weighted by atomic mass is 10.1. The fraction of sp³-hybridized carbons (Fsp3) is 0.263. The van der Waals surface area contributed by atoms with Gasteiger partial charge in [-0.3, -0.25) is 20.0 Å². The molecule has 1 unspecified atom stereocenters. The molecule has 1 N–H and O–H groups in total. The van der Waals surface area contributed by atoms with Crippen molar-refractivity contribution in [2.75, 3.05) is 17.0 Å². The van der Waals surface area contributed by atoms with Crippen molar-refractivity contribution >= 4 is 23.3 Å². The quantitative estimate of drug-likeness (QED) is 0.770. The van der Waals surface area contributed by atoms with Gasteiger partial charge in [0, 0.05) is 18.4 Å². The third-order valence-electron chi connectivity index (χ3n) is 4.52. The Hall–Kier alpha value is -3.68. The Balaban J connectivity index is 1.95. The largest absolute Gasteiger partial charge is 0.416 e. The van der Waals surface area contributed by atoms with Crippen molar-refractivity contribution in [1.29, 1.82) is 5.26 Å². The van der Waals surface area contributed by atoms with Gasteiger partial charge in [0.05, 0.1) is 17.5 Å². The van der Waals surface area contributed by atoms with Crippen molar-refractivity contribution in [3.8, 4) is 6.07 Å². The molecule has 1 aromatic carbocycles. The Morgan fingerprint density at radius 3 is 2.67 bits per heavy atom. The molecule has 1 aliphatic heterocycles. The van der Waals surface area contributed by atoms with Crippen molar-refractivity contribution in [3.05, 3.63) is 53.0 Å². The van der Waals surface area contributed by atoms with Crippen molar-refractivity contribution in [1.82, 2.24) is 10.4 Å². The first-order valence-electron chi connectivity index (χ1n) is 8.63. The van der Waals surface area contributed by atoms with Crippen LogP contribution >= 0.6 is 0 Å². The standard InChI is InChI=1S/C19H15F4N5O2/c1-10-5-12(19(21,22)23)7-16(25-10)28-15(8-17(29)26-28)18(30)27(2)13-3-4-14(20)11(6-13)9-24/h3-7,15H,8H2,1-2H3,(H,26,29). The third kappa shape index (κ3) is 4.03. The number of pyridine rings is 1. The van der Waals surface area contributed by atoms with Crippen molar-refractivity contribution in [2.24, 2.45) is 0 Å². The number of likely N-dealkylation sites (N-methyl/N-ethyl adjacent to an activating group) is 1. The molecule has 1 fully saturated rings. The number of hydrazine groups is 1. The minimum atomic E-state index is -4.63. The van der Waals surface area contributed by atoms with E-state index < -0.39 is 35.4 Å². The third-order valence-corrected chi connectivity index (χ3v) is 4.52. The van der Waals surface area contributed by atoms with Crippen LogP contribution in [-0.4, -0.2) is 29.9 Å². The summed E-state index contributed by atoms with van der Waals surface area (Å²) in [5.74, 6) is -2.22. The number of nitrogens with one attached hydrogen (secondary N) is 1. The summed E-state index contributed by atoms with van der Waals surface area (Å²) in [6.45, 7) is 1.36. The number of carbonyl (C=O) groups is 2. The lowest BCUT2D eigenvalue weighted by molar-refractivity contribution is -0.137. The molecule has 30 heavy (non-hydrogen) atoms. The van der Waals surface area contributed by atoms with E-state index in [1.807, 2.05) is 0 Å². The second kappa shape index (κ2) is 7.62. The fourth-order valence-electron chi connectivity index (χ4n) is 3.04. The first kappa shape index (κ1) is 21.0. The Bertz CT molecular complexity index is 1060. The number of rotatable bonds is 3. The zero-order valence-electron chi connectivity index (χ0n) is 15.8. The number of aromatic nitrogens is 1. The lowest BCUT2D eigenvalue weighted by Crippen LogP contribution is -2.48. The smallest absolute Gasteiger partial charge is 0.314 e. The van der Waals surface area contributed by atoms with E-state index in [9.17, 15) is 27.2 Å². The van der Waals surface area contributed by atoms with E-state index in [4.69, 9.17) is 5.26 Å². The number of nitrogens with zero attached hydrogens (tertiary/aromatic N) is 4. The topological polar surface area (TPSA) is 89.3 Å². The number of anilines is 2. The summed E-state index contributed by atoms with van der Waals surface area (Å²) in [7, 11) is 1.35. The number of nitriles is 1. The maximum Gasteiger partial charge on any atom is 0.416 e. The zero-order valence-corrected chi connectivity index (χ0v) is 15.8. The first-order valence-corrected chi connectivity index (χ1v) is 8.63. The summed E-state index contributed by atoms with van der Waals surface area (Å²) in [5.41, 5.74) is 1.34. The van der Waals surface area contributed by atoms with Gasteiger partial charge in [-0.15, -0.1) is 0 Å². The van der Waals surface area contributed by atoms with Crippen LogP contribution in [0.4, 0.5) is 29.1 Å². The molecule has 1 atom stereocenters. The molecule has 0 radical (unpaired) electrons. The lowest BCUT2D eigenvalue weighted by Gasteiger charge is -2.28. The average Bonchev–Trinajstić information content (AvgIpc) is 3.08. The van der Waals surface area contributed by atoms with Gasteiger partial charge in [0.25, 0.3) is 5.91 Å². The molecular formula is C19H15F4N5O2. The maximum absolute atomic E-state index is 13.6. The van der Waals surface area contributed by atoms with Gasteiger partial charge in [-0.2, -0.15) is 18.4 Å². The molecule has 0 aliphatic carbocycles. The van der Waals surface area contributed by atoms with Gasteiger partial charge in [0.15, 0.2) is 0 Å². The van der Waals surface area contributed by atoms with Crippen LogP contribution in [0, 0.1) is 24.1 Å². The van der Waals surface area contributed by atoms with Gasteiger partial charge >= 0.3 is 6.18 Å². The minimum Gasteiger partial charge on any atom is -0.314 e. The van der Waals surface area contributed by atoms with Crippen LogP contribution in [-0.2, 0) is 15.8 Å². The molecule has 1 aliphatic rings. The molecular weight excluding hydrogens is 406 g/mol. The fourth-order valence-corrected chi connectivity index (χ4v) is 3.04. The highest BCUT2D eigenvalue weighted by atomic mass is 19.4. The second-order valence-corrected chi connectivity index (χ2v) is 6.65. The summed E-state index contributed by atoms with van der Waals surface area (Å²) < 4.78 is 53.0. The molecule has 2 heterocycles. The van der Waals surface area contributed by atoms with Gasteiger partial charge in [-0.05, 0) is 37.3 Å². The van der Waals surface area contributed by atoms with E-state index in [0.29, 0.717) is 0 Å². The second-order valence-electron chi connectivity index (χ2n) is 6.65. The number of benzene rings is 1. The molecule has 2 aromatic rings. The normalized spacial score (nSPS) is 16.2. The zero-order chi connectivity index (χ0) is 22.2. The molecule has 0 bridgehead atoms. The Labute approximate surface area is 168 Å². The van der Waals surface area contributed by atoms with Crippen LogP contribution in [0.1, 0.15) is 23.2 Å². The van der Waals surface area contributed by atoms with Gasteiger partial charge in [-0.25, -0.2) is 9.37 Å². The number of alkyl halides is 3. The summed E-state index contributed by atoms with van der Waals surface area (Å²) in [5, 5.41) is 9.95. The Kier molecular flexibility index (Phi) is 5.35. The number of carbonyl (C=O) groups excluding carboxylic acids is 2. The van der Waals surface area contributed by atoms with E-state index in [1.54, 1.807) is 6.07 Å². The van der Waals surface area contributed by atoms with E-state index >= 15 is 0 Å². The number of hydrogen-bond acceptors (Lipinski definition) is 5. The Morgan fingerprint density at radius 1 is 1.33 bits per heavy atom. The Morgan fingerprint density at radius 2 is 2.03 bits per heavy atom. The predicted molar refractivity (Wildman–Crippen MR) is 97.5 cm³/mol. The van der Waals surface area contributed by atoms with Crippen LogP contribution in [0.2, 0.25) is 0 Å². The number of hydrogen-bond donors (Lipinski definition) is 1. The van der Waals surface area contributed by atoms with Gasteiger partial charge < -0.3 is 4.90 Å². The molecule has 1 aromatic heterocycles. The molecule has 156 valence electrons. The predicted octanol–water partition coefficient (Wildman–Crippen LogP) is 2.69. The van der Waals surface area contributed by atoms with Crippen LogP contribution in [0.15, 0.2) is 30.3 Å². The van der Waals surface area contributed by atoms with Gasteiger partial charge in [0.1, 0.15) is 23.7 Å². The van der Waals surface area contributed by atoms with Gasteiger partial charge in [0.2, 0.25) is 5.91 Å². The highest BCUT2D eigenvalue weighted by Gasteiger charge is 2.40. The molecule has 2 amide bonds. The molecule has 0 spiro atoms. The van der Waals surface area contributed by atoms with E-state index in [2.05, 4.69) is 10.4 Å². The van der Waals surface area contributed by atoms with Crippen molar-refractivity contribution in [3.63, 3.8) is 0 Å². The van der Waals surface area contributed by atoms with Crippen LogP contribution in [0.25, 0.3) is 0 Å². The average molecular weight is 421 g/mol. The maximum atomic E-state index is 13.6. The number of halogens is 4. The molecule has 7 nitrogen and oxygen atoms in total. The van der Waals surface area contributed by atoms with Crippen LogP contribution < -0.4 is 15.3 Å². The number of amides is 2. The minimum absolute atomic E-state index is 0.0534. The van der Waals surface area contributed by atoms with Crippen LogP contribution in [0.3, 0.4) is 0 Å². The number of aryl methyl sites for hydroxylation is 1. The molecule has 1 saturated heterocycles. The van der Waals surface area contributed by atoms with Crippen molar-refractivity contribution < 1.29 is 27.2 Å². The van der Waals surface area contributed by atoms with E-state index in [1.165, 1.54) is 20.0 Å². The van der Waals surface area contributed by atoms with E-state index in [-0.39, 0.29) is 29.2 Å². The summed E-state index contributed by atoms with van der Waals surface area (Å²) in [4.78, 5) is 30.0. The molecule has 0 saturated carbocycles.